The summed E-state index contributed by atoms with van der Waals surface area (Å²) in [6.07, 6.45) is 1.36. The lowest BCUT2D eigenvalue weighted by molar-refractivity contribution is -0.139. The molecule has 2 aromatic carbocycles. The van der Waals surface area contributed by atoms with Gasteiger partial charge in [0, 0.05) is 11.1 Å². The first-order chi connectivity index (χ1) is 15.0. The Morgan fingerprint density at radius 1 is 1.10 bits per heavy atom. The molecular formula is C21H20N4O6. The van der Waals surface area contributed by atoms with Gasteiger partial charge in [-0.3, -0.25) is 9.89 Å². The first-order valence-corrected chi connectivity index (χ1v) is 9.06. The molecule has 1 heterocycles. The number of aromatic nitrogens is 2. The Morgan fingerprint density at radius 2 is 1.87 bits per heavy atom. The smallest absolute Gasteiger partial charge is 0.341 e. The molecule has 0 bridgehead atoms. The van der Waals surface area contributed by atoms with Crippen molar-refractivity contribution >= 4 is 18.1 Å². The number of H-pyrrole nitrogens is 1. The number of carboxylic acids is 1. The number of hydrazone groups is 1. The van der Waals surface area contributed by atoms with E-state index in [1.54, 1.807) is 55.6 Å². The van der Waals surface area contributed by atoms with E-state index in [1.807, 2.05) is 0 Å². The molecule has 0 saturated heterocycles. The molecule has 0 saturated carbocycles. The Kier molecular flexibility index (Phi) is 6.84. The maximum atomic E-state index is 12.4. The Labute approximate surface area is 177 Å². The fourth-order valence-electron chi connectivity index (χ4n) is 2.66. The van der Waals surface area contributed by atoms with E-state index in [0.717, 1.165) is 5.56 Å². The third-order valence-corrected chi connectivity index (χ3v) is 4.14. The molecule has 3 rings (SSSR count). The van der Waals surface area contributed by atoms with Crippen LogP contribution in [0.3, 0.4) is 0 Å². The minimum Gasteiger partial charge on any atom is -0.493 e. The number of carbonyl (C=O) groups excluding carboxylic acids is 1. The summed E-state index contributed by atoms with van der Waals surface area (Å²) >= 11 is 0. The van der Waals surface area contributed by atoms with Gasteiger partial charge in [-0.25, -0.2) is 10.2 Å². The zero-order chi connectivity index (χ0) is 22.2. The number of benzene rings is 2. The summed E-state index contributed by atoms with van der Waals surface area (Å²) in [6.45, 7) is -0.482. The topological polar surface area (TPSA) is 135 Å². The maximum absolute atomic E-state index is 12.4. The molecule has 10 nitrogen and oxygen atoms in total. The number of nitrogens with zero attached hydrogens (tertiary/aromatic N) is 2. The highest BCUT2D eigenvalue weighted by molar-refractivity contribution is 5.94. The van der Waals surface area contributed by atoms with Crippen molar-refractivity contribution in [1.29, 1.82) is 0 Å². The monoisotopic (exact) mass is 424 g/mol. The minimum absolute atomic E-state index is 0.206. The van der Waals surface area contributed by atoms with Crippen molar-refractivity contribution in [2.24, 2.45) is 5.10 Å². The molecule has 0 fully saturated rings. The summed E-state index contributed by atoms with van der Waals surface area (Å²) < 4.78 is 15.7. The average molecular weight is 424 g/mol. The molecule has 0 spiro atoms. The third-order valence-electron chi connectivity index (χ3n) is 4.14. The van der Waals surface area contributed by atoms with Gasteiger partial charge < -0.3 is 19.3 Å². The van der Waals surface area contributed by atoms with E-state index in [-0.39, 0.29) is 5.69 Å². The summed E-state index contributed by atoms with van der Waals surface area (Å²) in [6, 6.07) is 13.6. The first kappa shape index (κ1) is 21.4. The number of carbonyl (C=O) groups is 2. The van der Waals surface area contributed by atoms with Gasteiger partial charge in [0.2, 0.25) is 0 Å². The second-order valence-electron chi connectivity index (χ2n) is 6.16. The summed E-state index contributed by atoms with van der Waals surface area (Å²) in [5.74, 6) is -0.131. The largest absolute Gasteiger partial charge is 0.493 e. The summed E-state index contributed by atoms with van der Waals surface area (Å²) in [7, 11) is 3.08. The van der Waals surface area contributed by atoms with Gasteiger partial charge in [0.25, 0.3) is 5.91 Å². The highest BCUT2D eigenvalue weighted by Crippen LogP contribution is 2.31. The second kappa shape index (κ2) is 9.92. The van der Waals surface area contributed by atoms with Crippen molar-refractivity contribution in [3.63, 3.8) is 0 Å². The normalized spacial score (nSPS) is 10.6. The number of aromatic amines is 1. The molecule has 1 amide bonds. The van der Waals surface area contributed by atoms with E-state index in [2.05, 4.69) is 20.7 Å². The van der Waals surface area contributed by atoms with Crippen LogP contribution in [0.25, 0.3) is 11.3 Å². The highest BCUT2D eigenvalue weighted by atomic mass is 16.5. The Morgan fingerprint density at radius 3 is 2.61 bits per heavy atom. The number of carboxylic acid groups (broad SMARTS) is 1. The number of aliphatic carboxylic acids is 1. The van der Waals surface area contributed by atoms with Crippen molar-refractivity contribution in [3.05, 3.63) is 59.8 Å². The number of rotatable bonds is 9. The van der Waals surface area contributed by atoms with Crippen LogP contribution in [-0.2, 0) is 4.79 Å². The molecule has 3 N–H and O–H groups in total. The number of para-hydroxylation sites is 1. The van der Waals surface area contributed by atoms with Crippen LogP contribution in [0.5, 0.6) is 17.2 Å². The van der Waals surface area contributed by atoms with Gasteiger partial charge >= 0.3 is 5.97 Å². The van der Waals surface area contributed by atoms with Gasteiger partial charge in [-0.2, -0.15) is 10.2 Å². The Bertz CT molecular complexity index is 1110. The van der Waals surface area contributed by atoms with E-state index in [4.69, 9.17) is 19.3 Å². The van der Waals surface area contributed by atoms with Crippen molar-refractivity contribution in [3.8, 4) is 28.5 Å². The second-order valence-corrected chi connectivity index (χ2v) is 6.16. The van der Waals surface area contributed by atoms with Crippen LogP contribution in [0.4, 0.5) is 0 Å². The fraction of sp³-hybridized carbons (Fsp3) is 0.143. The van der Waals surface area contributed by atoms with Crippen molar-refractivity contribution in [2.45, 2.75) is 0 Å². The van der Waals surface area contributed by atoms with Crippen molar-refractivity contribution in [1.82, 2.24) is 15.6 Å². The molecule has 0 radical (unpaired) electrons. The number of methoxy groups -OCH3 is 2. The van der Waals surface area contributed by atoms with Gasteiger partial charge in [-0.05, 0) is 36.4 Å². The summed E-state index contributed by atoms with van der Waals surface area (Å²) in [5, 5.41) is 19.5. The standard InChI is InChI=1S/C21H20N4O6/c1-29-18-8-7-13(9-19(18)30-2)15-10-16(24-23-15)21(28)25-22-11-14-5-3-4-6-17(14)31-12-20(26)27/h3-11H,12H2,1-2H3,(H,23,24)(H,25,28)(H,26,27)/b22-11+. The lowest BCUT2D eigenvalue weighted by atomic mass is 10.1. The number of hydrogen-bond acceptors (Lipinski definition) is 7. The average Bonchev–Trinajstić information content (AvgIpc) is 3.28. The number of nitrogens with one attached hydrogen (secondary N) is 2. The third kappa shape index (κ3) is 5.38. The maximum Gasteiger partial charge on any atom is 0.341 e. The predicted molar refractivity (Wildman–Crippen MR) is 112 cm³/mol. The number of amides is 1. The van der Waals surface area contributed by atoms with Gasteiger partial charge in [0.1, 0.15) is 11.4 Å². The molecule has 0 unspecified atom stereocenters. The lowest BCUT2D eigenvalue weighted by Gasteiger charge is -2.08. The molecule has 10 heteroatoms. The quantitative estimate of drug-likeness (QED) is 0.354. The van der Waals surface area contributed by atoms with Crippen LogP contribution >= 0.6 is 0 Å². The summed E-state index contributed by atoms with van der Waals surface area (Å²) in [5.41, 5.74) is 4.39. The van der Waals surface area contributed by atoms with Crippen molar-refractivity contribution < 1.29 is 28.9 Å². The molecule has 0 aliphatic carbocycles. The molecule has 0 atom stereocenters. The molecule has 160 valence electrons. The van der Waals surface area contributed by atoms with Crippen LogP contribution in [0.2, 0.25) is 0 Å². The number of hydrogen-bond donors (Lipinski definition) is 3. The lowest BCUT2D eigenvalue weighted by Crippen LogP contribution is -2.18. The zero-order valence-corrected chi connectivity index (χ0v) is 16.8. The molecule has 31 heavy (non-hydrogen) atoms. The van der Waals surface area contributed by atoms with E-state index >= 15 is 0 Å². The fourth-order valence-corrected chi connectivity index (χ4v) is 2.66. The SMILES string of the molecule is COc1ccc(-c2cc(C(=O)N/N=C/c3ccccc3OCC(=O)O)[nH]n2)cc1OC. The molecule has 0 aliphatic heterocycles. The van der Waals surface area contributed by atoms with Crippen LogP contribution in [0, 0.1) is 0 Å². The highest BCUT2D eigenvalue weighted by Gasteiger charge is 2.13. The van der Waals surface area contributed by atoms with Crippen LogP contribution in [-0.4, -0.2) is 54.2 Å². The molecule has 1 aromatic heterocycles. The zero-order valence-electron chi connectivity index (χ0n) is 16.8. The van der Waals surface area contributed by atoms with Gasteiger partial charge in [-0.15, -0.1) is 0 Å². The van der Waals surface area contributed by atoms with Crippen LogP contribution < -0.4 is 19.6 Å². The van der Waals surface area contributed by atoms with Gasteiger partial charge in [0.15, 0.2) is 18.1 Å². The Hall–Kier alpha value is -4.34. The first-order valence-electron chi connectivity index (χ1n) is 9.06. The van der Waals surface area contributed by atoms with Crippen molar-refractivity contribution in [2.75, 3.05) is 20.8 Å². The molecule has 0 aliphatic rings. The summed E-state index contributed by atoms with van der Waals surface area (Å²) in [4.78, 5) is 23.0. The van der Waals surface area contributed by atoms with E-state index in [9.17, 15) is 9.59 Å². The van der Waals surface area contributed by atoms with E-state index in [0.29, 0.717) is 28.5 Å². The van der Waals surface area contributed by atoms with E-state index in [1.165, 1.54) is 13.3 Å². The number of ether oxygens (including phenoxy) is 3. The minimum atomic E-state index is -1.09. The van der Waals surface area contributed by atoms with Crippen LogP contribution in [0.15, 0.2) is 53.6 Å². The molecular weight excluding hydrogens is 404 g/mol. The van der Waals surface area contributed by atoms with E-state index < -0.39 is 18.5 Å². The van der Waals surface area contributed by atoms with Gasteiger partial charge in [0.05, 0.1) is 26.1 Å². The molecule has 3 aromatic rings. The Balaban J connectivity index is 1.68. The predicted octanol–water partition coefficient (Wildman–Crippen LogP) is 2.32. The van der Waals surface area contributed by atoms with Crippen LogP contribution in [0.1, 0.15) is 16.1 Å². The van der Waals surface area contributed by atoms with Gasteiger partial charge in [-0.1, -0.05) is 12.1 Å².